The fourth-order valence-electron chi connectivity index (χ4n) is 7.88. The molecular formula is C27H33FO8. The molecule has 0 bridgehead atoms. The summed E-state index contributed by atoms with van der Waals surface area (Å²) in [5.41, 5.74) is -3.16. The summed E-state index contributed by atoms with van der Waals surface area (Å²) in [7, 11) is 1.15. The van der Waals surface area contributed by atoms with E-state index >= 15 is 4.39 Å². The molecule has 0 aromatic heterocycles. The van der Waals surface area contributed by atoms with Gasteiger partial charge in [-0.2, -0.15) is 0 Å². The van der Waals surface area contributed by atoms with Crippen molar-refractivity contribution in [1.82, 2.24) is 0 Å². The van der Waals surface area contributed by atoms with Crippen molar-refractivity contribution in [3.63, 3.8) is 0 Å². The molecule has 0 aromatic rings. The van der Waals surface area contributed by atoms with Crippen molar-refractivity contribution in [3.05, 3.63) is 23.8 Å². The minimum atomic E-state index is -1.68. The van der Waals surface area contributed by atoms with Crippen molar-refractivity contribution in [1.29, 1.82) is 0 Å². The summed E-state index contributed by atoms with van der Waals surface area (Å²) >= 11 is 0. The lowest BCUT2D eigenvalue weighted by Crippen LogP contribution is -2.64. The number of esters is 1. The van der Waals surface area contributed by atoms with E-state index in [-0.39, 0.29) is 48.7 Å². The fraction of sp³-hybridized carbons (Fsp3) is 0.704. The predicted octanol–water partition coefficient (Wildman–Crippen LogP) is 3.26. The fourth-order valence-corrected chi connectivity index (χ4v) is 7.88. The normalized spacial score (nSPS) is 43.0. The molecule has 4 fully saturated rings. The van der Waals surface area contributed by atoms with E-state index in [4.69, 9.17) is 14.2 Å². The van der Waals surface area contributed by atoms with E-state index in [1.165, 1.54) is 12.2 Å². The number of fused-ring (bicyclic) bond motifs is 5. The van der Waals surface area contributed by atoms with Crippen LogP contribution in [-0.2, 0) is 28.6 Å². The van der Waals surface area contributed by atoms with Gasteiger partial charge in [-0.3, -0.25) is 14.4 Å². The number of alkyl halides is 1. The average Bonchev–Trinajstić information content (AvgIpc) is 3.63. The maximum atomic E-state index is 15.6. The molecule has 0 radical (unpaired) electrons. The molecule has 8 atom stereocenters. The van der Waals surface area contributed by atoms with Gasteiger partial charge < -0.3 is 19.3 Å². The number of allylic oxidation sites excluding steroid dienone is 4. The van der Waals surface area contributed by atoms with Gasteiger partial charge in [-0.25, -0.2) is 9.18 Å². The van der Waals surface area contributed by atoms with Crippen molar-refractivity contribution in [2.75, 3.05) is 13.7 Å². The number of aliphatic hydroxyl groups is 1. The Kier molecular flexibility index (Phi) is 5.93. The molecule has 196 valence electrons. The Labute approximate surface area is 209 Å². The van der Waals surface area contributed by atoms with Crippen LogP contribution < -0.4 is 0 Å². The molecule has 4 saturated carbocycles. The van der Waals surface area contributed by atoms with Crippen LogP contribution in [-0.4, -0.2) is 60.4 Å². The summed E-state index contributed by atoms with van der Waals surface area (Å²) in [5.74, 6) is -2.40. The molecule has 5 rings (SSSR count). The van der Waals surface area contributed by atoms with Crippen LogP contribution in [0.5, 0.6) is 0 Å². The van der Waals surface area contributed by atoms with Crippen molar-refractivity contribution in [2.24, 2.45) is 34.5 Å². The second-order valence-electron chi connectivity index (χ2n) is 11.5. The van der Waals surface area contributed by atoms with Crippen molar-refractivity contribution in [2.45, 2.75) is 70.2 Å². The lowest BCUT2D eigenvalue weighted by atomic mass is 9.46. The molecule has 5 aliphatic carbocycles. The highest BCUT2D eigenvalue weighted by Crippen LogP contribution is 2.68. The Hall–Kier alpha value is -2.55. The number of aliphatic hydroxyl groups excluding tert-OH is 1. The molecule has 1 unspecified atom stereocenters. The van der Waals surface area contributed by atoms with Crippen LogP contribution in [0.2, 0.25) is 0 Å². The van der Waals surface area contributed by atoms with Crippen LogP contribution >= 0.6 is 0 Å². The average molecular weight is 505 g/mol. The van der Waals surface area contributed by atoms with Crippen LogP contribution in [0.25, 0.3) is 0 Å². The van der Waals surface area contributed by atoms with Crippen molar-refractivity contribution in [3.8, 4) is 0 Å². The monoisotopic (exact) mass is 504 g/mol. The number of carbonyl (C=O) groups is 4. The van der Waals surface area contributed by atoms with Gasteiger partial charge in [-0.05, 0) is 68.1 Å². The summed E-state index contributed by atoms with van der Waals surface area (Å²) in [6, 6.07) is 0. The molecule has 1 N–H and O–H groups in total. The molecule has 9 heteroatoms. The maximum Gasteiger partial charge on any atom is 0.509 e. The zero-order chi connectivity index (χ0) is 26.0. The van der Waals surface area contributed by atoms with E-state index < -0.39 is 53.2 Å². The summed E-state index contributed by atoms with van der Waals surface area (Å²) in [6.07, 6.45) is 3.43. The second-order valence-corrected chi connectivity index (χ2v) is 11.5. The van der Waals surface area contributed by atoms with Gasteiger partial charge in [0.25, 0.3) is 0 Å². The van der Waals surface area contributed by atoms with Gasteiger partial charge in [0.15, 0.2) is 18.0 Å². The third-order valence-electron chi connectivity index (χ3n) is 9.73. The van der Waals surface area contributed by atoms with Gasteiger partial charge in [0.2, 0.25) is 5.78 Å². The van der Waals surface area contributed by atoms with Gasteiger partial charge in [0, 0.05) is 16.7 Å². The summed E-state index contributed by atoms with van der Waals surface area (Å²) in [6.45, 7) is 3.11. The van der Waals surface area contributed by atoms with Crippen LogP contribution in [0.3, 0.4) is 0 Å². The maximum absolute atomic E-state index is 15.6. The lowest BCUT2D eigenvalue weighted by molar-refractivity contribution is -0.187. The van der Waals surface area contributed by atoms with E-state index in [0.717, 1.165) is 20.0 Å². The van der Waals surface area contributed by atoms with Crippen molar-refractivity contribution >= 4 is 23.7 Å². The number of halogens is 1. The van der Waals surface area contributed by atoms with E-state index in [1.54, 1.807) is 13.0 Å². The van der Waals surface area contributed by atoms with E-state index in [0.29, 0.717) is 12.0 Å². The van der Waals surface area contributed by atoms with Gasteiger partial charge in [0.1, 0.15) is 6.17 Å². The topological polar surface area (TPSA) is 116 Å². The number of carbonyl (C=O) groups excluding carboxylic acids is 4. The zero-order valence-corrected chi connectivity index (χ0v) is 20.8. The van der Waals surface area contributed by atoms with Crippen molar-refractivity contribution < 1.29 is 42.9 Å². The largest absolute Gasteiger partial charge is 0.509 e. The van der Waals surface area contributed by atoms with Crippen LogP contribution in [0.4, 0.5) is 9.18 Å². The standard InChI is InChI=1S/C27H33FO8/c1-25-8-6-15(29)10-18(25)19(28)11-16-17-7-9-27(36-24(33)34-3,26(17,2)12-20(30)22(16)25)21(31)13-35-23(32)14-4-5-14/h6,8,10,14,16-17,19-20,22,30H,4-5,7,9,11-13H2,1-3H3/t16-,17-,19-,20?,22+,25-,26-,27-/m0/s1. The molecule has 0 spiro atoms. The van der Waals surface area contributed by atoms with Crippen LogP contribution in [0, 0.1) is 34.5 Å². The number of Topliss-reactive ketones (excluding diaryl/α,β-unsaturated/α-hetero) is 1. The van der Waals surface area contributed by atoms with Gasteiger partial charge >= 0.3 is 12.1 Å². The van der Waals surface area contributed by atoms with Crippen LogP contribution in [0.1, 0.15) is 52.4 Å². The minimum absolute atomic E-state index is 0.101. The number of ketones is 2. The lowest BCUT2D eigenvalue weighted by Gasteiger charge is -2.60. The molecule has 8 nitrogen and oxygen atoms in total. The molecular weight excluding hydrogens is 471 g/mol. The molecule has 5 aliphatic rings. The Morgan fingerprint density at radius 1 is 1.19 bits per heavy atom. The van der Waals surface area contributed by atoms with E-state index in [2.05, 4.69) is 0 Å². The summed E-state index contributed by atoms with van der Waals surface area (Å²) in [4.78, 5) is 50.1. The second kappa shape index (κ2) is 8.50. The molecule has 0 heterocycles. The Morgan fingerprint density at radius 2 is 1.92 bits per heavy atom. The summed E-state index contributed by atoms with van der Waals surface area (Å²) in [5, 5.41) is 11.5. The Bertz CT molecular complexity index is 1060. The van der Waals surface area contributed by atoms with E-state index in [9.17, 15) is 24.3 Å². The molecule has 36 heavy (non-hydrogen) atoms. The predicted molar refractivity (Wildman–Crippen MR) is 123 cm³/mol. The first-order valence-corrected chi connectivity index (χ1v) is 12.7. The number of hydrogen-bond acceptors (Lipinski definition) is 8. The highest BCUT2D eigenvalue weighted by Gasteiger charge is 2.71. The number of ether oxygens (including phenoxy) is 3. The zero-order valence-electron chi connectivity index (χ0n) is 20.8. The third-order valence-corrected chi connectivity index (χ3v) is 9.73. The first-order chi connectivity index (χ1) is 17.0. The number of hydrogen-bond donors (Lipinski definition) is 1. The highest BCUT2D eigenvalue weighted by molar-refractivity contribution is 6.01. The van der Waals surface area contributed by atoms with Gasteiger partial charge in [0.05, 0.1) is 19.1 Å². The molecule has 0 aromatic carbocycles. The number of methoxy groups -OCH3 is 1. The first-order valence-electron chi connectivity index (χ1n) is 12.7. The molecule has 0 aliphatic heterocycles. The molecule has 0 amide bonds. The highest BCUT2D eigenvalue weighted by atomic mass is 19.1. The Balaban J connectivity index is 1.50. The van der Waals surface area contributed by atoms with Crippen LogP contribution in [0.15, 0.2) is 23.8 Å². The number of rotatable bonds is 5. The quantitative estimate of drug-likeness (QED) is 0.567. The van der Waals surface area contributed by atoms with E-state index in [1.807, 2.05) is 6.92 Å². The summed E-state index contributed by atoms with van der Waals surface area (Å²) < 4.78 is 31.3. The third kappa shape index (κ3) is 3.56. The van der Waals surface area contributed by atoms with Gasteiger partial charge in [-0.15, -0.1) is 0 Å². The SMILES string of the molecule is COC(=O)O[C@]1(C(=O)COC(=O)C2CC2)CC[C@H]2[C@@H]3C[C@H](F)C4=CC(=O)C=C[C@]4(C)[C@H]3C(O)C[C@@]21C. The minimum Gasteiger partial charge on any atom is -0.457 e. The smallest absolute Gasteiger partial charge is 0.457 e. The Morgan fingerprint density at radius 3 is 2.58 bits per heavy atom. The first kappa shape index (κ1) is 25.1. The van der Waals surface area contributed by atoms with Gasteiger partial charge in [-0.1, -0.05) is 19.9 Å². The molecule has 0 saturated heterocycles.